The topological polar surface area (TPSA) is 87.0 Å². The molecule has 2 aromatic heterocycles. The van der Waals surface area contributed by atoms with Crippen LogP contribution in [0.4, 0.5) is 22.0 Å². The second kappa shape index (κ2) is 7.98. The maximum absolute atomic E-state index is 13.6. The molecule has 2 aromatic rings. The molecule has 0 aromatic carbocycles. The number of ether oxygens (including phenoxy) is 1. The zero-order valence-electron chi connectivity index (χ0n) is 14.9. The van der Waals surface area contributed by atoms with Crippen LogP contribution in [0, 0.1) is 5.92 Å². The van der Waals surface area contributed by atoms with Crippen LogP contribution in [0.2, 0.25) is 0 Å². The number of pyridine rings is 1. The van der Waals surface area contributed by atoms with Crippen LogP contribution >= 0.6 is 0 Å². The van der Waals surface area contributed by atoms with Crippen molar-refractivity contribution in [2.75, 3.05) is 7.11 Å². The van der Waals surface area contributed by atoms with Crippen molar-refractivity contribution in [3.8, 4) is 0 Å². The lowest BCUT2D eigenvalue weighted by molar-refractivity contribution is -0.141. The van der Waals surface area contributed by atoms with Gasteiger partial charge < -0.3 is 4.74 Å². The molecule has 2 rings (SSSR count). The molecular formula is C16H15F5N4O3. The Morgan fingerprint density at radius 1 is 1.14 bits per heavy atom. The Hall–Kier alpha value is -2.92. The van der Waals surface area contributed by atoms with E-state index in [0.717, 1.165) is 19.5 Å². The van der Waals surface area contributed by atoms with E-state index < -0.39 is 58.5 Å². The maximum Gasteiger partial charge on any atom is 0.434 e. The molecule has 0 atom stereocenters. The van der Waals surface area contributed by atoms with E-state index in [2.05, 4.69) is 19.9 Å². The summed E-state index contributed by atoms with van der Waals surface area (Å²) in [5.74, 6) is -3.07. The number of aromatic nitrogens is 4. The van der Waals surface area contributed by atoms with Crippen molar-refractivity contribution in [3.05, 3.63) is 40.5 Å². The zero-order valence-corrected chi connectivity index (χ0v) is 14.9. The second-order valence-electron chi connectivity index (χ2n) is 6.09. The molecule has 0 N–H and O–H groups in total. The lowest BCUT2D eigenvalue weighted by Gasteiger charge is -2.21. The van der Waals surface area contributed by atoms with Crippen molar-refractivity contribution >= 4 is 11.9 Å². The minimum Gasteiger partial charge on any atom is -0.465 e. The van der Waals surface area contributed by atoms with E-state index >= 15 is 0 Å². The van der Waals surface area contributed by atoms with Crippen LogP contribution in [0.15, 0.2) is 12.4 Å². The molecule has 152 valence electrons. The summed E-state index contributed by atoms with van der Waals surface area (Å²) in [6, 6.07) is 0. The summed E-state index contributed by atoms with van der Waals surface area (Å²) in [5.41, 5.74) is -5.72. The molecule has 0 saturated heterocycles. The van der Waals surface area contributed by atoms with Gasteiger partial charge in [-0.25, -0.2) is 18.6 Å². The third kappa shape index (κ3) is 4.15. The molecule has 0 amide bonds. The van der Waals surface area contributed by atoms with Crippen LogP contribution in [0.1, 0.15) is 57.9 Å². The van der Waals surface area contributed by atoms with E-state index in [-0.39, 0.29) is 6.42 Å². The molecule has 0 saturated carbocycles. The van der Waals surface area contributed by atoms with Crippen molar-refractivity contribution in [2.24, 2.45) is 5.92 Å². The van der Waals surface area contributed by atoms with E-state index in [0.29, 0.717) is 4.80 Å². The van der Waals surface area contributed by atoms with Gasteiger partial charge in [0.2, 0.25) is 0 Å². The first-order valence-electron chi connectivity index (χ1n) is 7.90. The predicted octanol–water partition coefficient (Wildman–Crippen LogP) is 3.30. The van der Waals surface area contributed by atoms with Crippen molar-refractivity contribution in [1.82, 2.24) is 20.0 Å². The molecule has 12 heteroatoms. The Labute approximate surface area is 155 Å². The molecule has 0 spiro atoms. The number of carbonyl (C=O) groups excluding carboxylic acids is 2. The van der Waals surface area contributed by atoms with Gasteiger partial charge in [-0.15, -0.1) is 4.80 Å². The highest BCUT2D eigenvalue weighted by Crippen LogP contribution is 2.38. The highest BCUT2D eigenvalue weighted by molar-refractivity contribution is 6.02. The van der Waals surface area contributed by atoms with Gasteiger partial charge in [0.1, 0.15) is 5.69 Å². The zero-order chi connectivity index (χ0) is 21.2. The summed E-state index contributed by atoms with van der Waals surface area (Å²) in [7, 11) is 0.880. The number of esters is 1. The first-order chi connectivity index (χ1) is 13.0. The summed E-state index contributed by atoms with van der Waals surface area (Å²) in [5, 5.41) is 6.97. The number of nitrogens with zero attached hydrogens (tertiary/aromatic N) is 4. The molecule has 0 bridgehead atoms. The Morgan fingerprint density at radius 3 is 2.14 bits per heavy atom. The average Bonchev–Trinajstić information content (AvgIpc) is 3.12. The van der Waals surface area contributed by atoms with Crippen molar-refractivity contribution in [1.29, 1.82) is 0 Å². The van der Waals surface area contributed by atoms with Gasteiger partial charge in [0, 0.05) is 0 Å². The van der Waals surface area contributed by atoms with E-state index in [1.54, 1.807) is 13.8 Å². The summed E-state index contributed by atoms with van der Waals surface area (Å²) in [4.78, 5) is 28.1. The van der Waals surface area contributed by atoms with Crippen LogP contribution in [-0.2, 0) is 17.3 Å². The Kier molecular flexibility index (Phi) is 6.10. The first-order valence-corrected chi connectivity index (χ1v) is 7.90. The maximum atomic E-state index is 13.6. The number of hydrogen-bond acceptors (Lipinski definition) is 6. The van der Waals surface area contributed by atoms with Gasteiger partial charge in [0.05, 0.1) is 30.6 Å². The number of alkyl halides is 5. The highest BCUT2D eigenvalue weighted by Gasteiger charge is 2.43. The van der Waals surface area contributed by atoms with Gasteiger partial charge in [-0.2, -0.15) is 23.4 Å². The fraction of sp³-hybridized carbons (Fsp3) is 0.438. The van der Waals surface area contributed by atoms with E-state index in [1.807, 2.05) is 0 Å². The van der Waals surface area contributed by atoms with E-state index in [4.69, 9.17) is 0 Å². The molecule has 0 unspecified atom stereocenters. The minimum absolute atomic E-state index is 0.294. The van der Waals surface area contributed by atoms with Gasteiger partial charge in [-0.1, -0.05) is 13.8 Å². The van der Waals surface area contributed by atoms with Gasteiger partial charge in [-0.3, -0.25) is 4.79 Å². The minimum atomic E-state index is -5.25. The number of rotatable bonds is 5. The van der Waals surface area contributed by atoms with Crippen molar-refractivity contribution < 1.29 is 36.3 Å². The fourth-order valence-electron chi connectivity index (χ4n) is 2.61. The lowest BCUT2D eigenvalue weighted by Crippen LogP contribution is -2.28. The Bertz CT molecular complexity index is 879. The Morgan fingerprint density at radius 2 is 1.71 bits per heavy atom. The SMILES string of the molecule is COC(=O)c1c(C(F)F)nc(C(F)(F)F)c(C(=O)n2nccn2)c1CC(C)C. The molecule has 0 fully saturated rings. The number of methoxy groups -OCH3 is 1. The van der Waals surface area contributed by atoms with Crippen molar-refractivity contribution in [2.45, 2.75) is 32.9 Å². The molecule has 7 nitrogen and oxygen atoms in total. The van der Waals surface area contributed by atoms with Crippen molar-refractivity contribution in [3.63, 3.8) is 0 Å². The van der Waals surface area contributed by atoms with Crippen LogP contribution in [0.5, 0.6) is 0 Å². The monoisotopic (exact) mass is 406 g/mol. The third-order valence-corrected chi connectivity index (χ3v) is 3.62. The van der Waals surface area contributed by atoms with Crippen LogP contribution in [0.3, 0.4) is 0 Å². The standard InChI is InChI=1S/C16H15F5N4O3/c1-7(2)6-8-9(15(27)28-3)11(13(17)18)24-12(16(19,20)21)10(8)14(26)25-22-4-5-23-25/h4-5,7,13H,6H2,1-3H3. The quantitative estimate of drug-likeness (QED) is 0.559. The average molecular weight is 406 g/mol. The molecule has 0 radical (unpaired) electrons. The number of carbonyl (C=O) groups is 2. The molecule has 2 heterocycles. The lowest BCUT2D eigenvalue weighted by atomic mass is 9.90. The third-order valence-electron chi connectivity index (χ3n) is 3.62. The fourth-order valence-corrected chi connectivity index (χ4v) is 2.61. The summed E-state index contributed by atoms with van der Waals surface area (Å²) in [6.45, 7) is 3.16. The number of halogens is 5. The van der Waals surface area contributed by atoms with Crippen LogP contribution in [0.25, 0.3) is 0 Å². The van der Waals surface area contributed by atoms with Crippen LogP contribution in [-0.4, -0.2) is 39.0 Å². The largest absolute Gasteiger partial charge is 0.465 e. The molecular weight excluding hydrogens is 391 g/mol. The van der Waals surface area contributed by atoms with Gasteiger partial charge in [0.15, 0.2) is 5.69 Å². The smallest absolute Gasteiger partial charge is 0.434 e. The molecule has 0 aliphatic carbocycles. The normalized spacial score (nSPS) is 11.9. The summed E-state index contributed by atoms with van der Waals surface area (Å²) >= 11 is 0. The van der Waals surface area contributed by atoms with E-state index in [9.17, 15) is 31.5 Å². The Balaban J connectivity index is 3.00. The highest BCUT2D eigenvalue weighted by atomic mass is 19.4. The molecule has 28 heavy (non-hydrogen) atoms. The van der Waals surface area contributed by atoms with Crippen LogP contribution < -0.4 is 0 Å². The van der Waals surface area contributed by atoms with E-state index in [1.165, 1.54) is 0 Å². The molecule has 0 aliphatic rings. The van der Waals surface area contributed by atoms with Gasteiger partial charge in [-0.05, 0) is 17.9 Å². The first kappa shape index (κ1) is 21.4. The summed E-state index contributed by atoms with van der Waals surface area (Å²) < 4.78 is 72.2. The summed E-state index contributed by atoms with van der Waals surface area (Å²) in [6.07, 6.45) is -6.95. The molecule has 0 aliphatic heterocycles. The number of hydrogen-bond donors (Lipinski definition) is 0. The van der Waals surface area contributed by atoms with Gasteiger partial charge in [0.25, 0.3) is 12.3 Å². The van der Waals surface area contributed by atoms with Gasteiger partial charge >= 0.3 is 12.1 Å². The predicted molar refractivity (Wildman–Crippen MR) is 83.8 cm³/mol. The second-order valence-corrected chi connectivity index (χ2v) is 6.09.